The average Bonchev–Trinajstić information content (AvgIpc) is 3.32. The Bertz CT molecular complexity index is 1520. The van der Waals surface area contributed by atoms with Crippen molar-refractivity contribution in [2.24, 2.45) is 34.5 Å². The van der Waals surface area contributed by atoms with Crippen LogP contribution in [-0.2, 0) is 47.7 Å². The van der Waals surface area contributed by atoms with Gasteiger partial charge in [-0.2, -0.15) is 0 Å². The normalized spacial score (nSPS) is 40.8. The van der Waals surface area contributed by atoms with E-state index >= 15 is 0 Å². The second-order valence-corrected chi connectivity index (χ2v) is 14.8. The zero-order valence-electron chi connectivity index (χ0n) is 28.4. The number of fused-ring (bicyclic) bond motifs is 5. The van der Waals surface area contributed by atoms with Crippen molar-refractivity contribution in [1.82, 2.24) is 0 Å². The molecule has 13 heteroatoms. The highest BCUT2D eigenvalue weighted by Crippen LogP contribution is 2.68. The molecule has 0 amide bonds. The van der Waals surface area contributed by atoms with Crippen molar-refractivity contribution in [3.63, 3.8) is 0 Å². The van der Waals surface area contributed by atoms with Gasteiger partial charge >= 0.3 is 29.8 Å². The van der Waals surface area contributed by atoms with Crippen LogP contribution >= 0.6 is 0 Å². The smallest absolute Gasteiger partial charge is 0.338 e. The first kappa shape index (κ1) is 35.5. The van der Waals surface area contributed by atoms with Gasteiger partial charge in [0.05, 0.1) is 22.3 Å². The Kier molecular flexibility index (Phi) is 8.82. The van der Waals surface area contributed by atoms with Crippen LogP contribution in [0.25, 0.3) is 0 Å². The van der Waals surface area contributed by atoms with E-state index in [2.05, 4.69) is 0 Å². The van der Waals surface area contributed by atoms with E-state index in [4.69, 9.17) is 23.7 Å². The fourth-order valence-electron chi connectivity index (χ4n) is 9.64. The van der Waals surface area contributed by atoms with E-state index in [9.17, 15) is 39.0 Å². The lowest BCUT2D eigenvalue weighted by atomic mass is 9.53. The monoisotopic (exact) mass is 672 g/mol. The molecule has 4 saturated carbocycles. The molecule has 13 nitrogen and oxygen atoms in total. The van der Waals surface area contributed by atoms with Gasteiger partial charge in [0.1, 0.15) is 47.5 Å². The first-order valence-corrected chi connectivity index (χ1v) is 16.1. The van der Waals surface area contributed by atoms with Gasteiger partial charge in [0.15, 0.2) is 0 Å². The minimum Gasteiger partial charge on any atom is -0.461 e. The maximum atomic E-state index is 14.3. The summed E-state index contributed by atoms with van der Waals surface area (Å²) in [6.07, 6.45) is -8.14. The molecule has 0 spiro atoms. The van der Waals surface area contributed by atoms with Gasteiger partial charge in [-0.15, -0.1) is 0 Å². The zero-order chi connectivity index (χ0) is 35.7. The van der Waals surface area contributed by atoms with Crippen LogP contribution in [0.3, 0.4) is 0 Å². The van der Waals surface area contributed by atoms with Gasteiger partial charge in [0.2, 0.25) is 0 Å². The molecule has 1 aromatic carbocycles. The first-order valence-electron chi connectivity index (χ1n) is 16.1. The summed E-state index contributed by atoms with van der Waals surface area (Å²) in [6, 6.07) is 8.07. The van der Waals surface area contributed by atoms with E-state index in [1.165, 1.54) is 26.0 Å². The Labute approximate surface area is 278 Å². The van der Waals surface area contributed by atoms with Crippen LogP contribution in [0.15, 0.2) is 30.3 Å². The number of hydrogen-bond acceptors (Lipinski definition) is 13. The number of rotatable bonds is 6. The number of aliphatic hydroxyl groups is 2. The number of benzene rings is 1. The number of ketones is 1. The lowest BCUT2D eigenvalue weighted by molar-refractivity contribution is -0.270. The van der Waals surface area contributed by atoms with Crippen LogP contribution in [0, 0.1) is 34.5 Å². The van der Waals surface area contributed by atoms with E-state index in [0.29, 0.717) is 0 Å². The molecule has 4 aliphatic carbocycles. The van der Waals surface area contributed by atoms with Crippen molar-refractivity contribution < 1.29 is 62.7 Å². The van der Waals surface area contributed by atoms with E-state index in [0.717, 1.165) is 20.8 Å². The Balaban J connectivity index is 1.82. The molecule has 0 heterocycles. The second-order valence-electron chi connectivity index (χ2n) is 14.8. The summed E-state index contributed by atoms with van der Waals surface area (Å²) in [5.74, 6) is -8.72. The van der Waals surface area contributed by atoms with Gasteiger partial charge in [0.25, 0.3) is 0 Å². The highest BCUT2D eigenvalue weighted by molar-refractivity contribution is 5.91. The molecule has 0 aromatic heterocycles. The van der Waals surface area contributed by atoms with Crippen molar-refractivity contribution in [3.8, 4) is 0 Å². The molecule has 5 rings (SSSR count). The van der Waals surface area contributed by atoms with Gasteiger partial charge in [-0.05, 0) is 44.7 Å². The van der Waals surface area contributed by atoms with Crippen LogP contribution in [0.4, 0.5) is 0 Å². The molecule has 1 aromatic rings. The predicted octanol–water partition coefficient (Wildman–Crippen LogP) is 2.32. The fraction of sp³-hybridized carbons (Fsp3) is 0.657. The summed E-state index contributed by atoms with van der Waals surface area (Å²) in [6.45, 7) is 10.9. The summed E-state index contributed by atoms with van der Waals surface area (Å²) in [7, 11) is 0. The Morgan fingerprint density at radius 3 is 1.71 bits per heavy atom. The molecule has 0 aliphatic heterocycles. The number of carbonyl (C=O) groups is 6. The van der Waals surface area contributed by atoms with E-state index in [1.54, 1.807) is 39.0 Å². The molecule has 0 unspecified atom stereocenters. The third kappa shape index (κ3) is 5.29. The minimum absolute atomic E-state index is 0.189. The third-order valence-electron chi connectivity index (χ3n) is 11.1. The highest BCUT2D eigenvalue weighted by atomic mass is 16.6. The lowest BCUT2D eigenvalue weighted by Gasteiger charge is -2.57. The van der Waals surface area contributed by atoms with Crippen molar-refractivity contribution >= 4 is 35.6 Å². The number of Topliss-reactive ketones (excluding diaryl/α,β-unsaturated/α-hetero) is 1. The van der Waals surface area contributed by atoms with Crippen LogP contribution in [0.1, 0.15) is 78.6 Å². The fourth-order valence-corrected chi connectivity index (χ4v) is 9.64. The summed E-state index contributed by atoms with van der Waals surface area (Å²) >= 11 is 0. The van der Waals surface area contributed by atoms with Crippen molar-refractivity contribution in [1.29, 1.82) is 0 Å². The van der Waals surface area contributed by atoms with Gasteiger partial charge in [-0.25, -0.2) is 4.79 Å². The van der Waals surface area contributed by atoms with E-state index in [1.807, 2.05) is 0 Å². The molecule has 262 valence electrons. The molecule has 0 radical (unpaired) electrons. The van der Waals surface area contributed by atoms with Gasteiger partial charge in [-0.1, -0.05) is 32.0 Å². The number of hydrogen-bond donors (Lipinski definition) is 2. The molecule has 0 saturated heterocycles. The molecule has 48 heavy (non-hydrogen) atoms. The van der Waals surface area contributed by atoms with E-state index in [-0.39, 0.29) is 12.0 Å². The molecular weight excluding hydrogens is 628 g/mol. The quantitative estimate of drug-likeness (QED) is 0.331. The molecule has 2 bridgehead atoms. The van der Waals surface area contributed by atoms with Gasteiger partial charge in [-0.3, -0.25) is 24.0 Å². The summed E-state index contributed by atoms with van der Waals surface area (Å²) in [5.41, 5.74) is -7.60. The number of carbonyl (C=O) groups excluding carboxylic acids is 6. The summed E-state index contributed by atoms with van der Waals surface area (Å²) in [5, 5.41) is 26.1. The topological polar surface area (TPSA) is 189 Å². The highest BCUT2D eigenvalue weighted by Gasteiger charge is 2.82. The third-order valence-corrected chi connectivity index (χ3v) is 11.1. The van der Waals surface area contributed by atoms with Crippen LogP contribution in [0.5, 0.6) is 0 Å². The van der Waals surface area contributed by atoms with Crippen molar-refractivity contribution in [2.45, 2.75) is 110 Å². The van der Waals surface area contributed by atoms with Crippen molar-refractivity contribution in [2.75, 3.05) is 0 Å². The summed E-state index contributed by atoms with van der Waals surface area (Å²) in [4.78, 5) is 78.9. The maximum absolute atomic E-state index is 14.3. The largest absolute Gasteiger partial charge is 0.461 e. The minimum atomic E-state index is -2.40. The number of ether oxygens (including phenoxy) is 5. The maximum Gasteiger partial charge on any atom is 0.338 e. The van der Waals surface area contributed by atoms with Gasteiger partial charge in [0, 0.05) is 39.5 Å². The first-order chi connectivity index (χ1) is 22.2. The van der Waals surface area contributed by atoms with Crippen LogP contribution < -0.4 is 0 Å². The molecule has 2 N–H and O–H groups in total. The van der Waals surface area contributed by atoms with Crippen molar-refractivity contribution in [3.05, 3.63) is 35.9 Å². The Morgan fingerprint density at radius 2 is 1.19 bits per heavy atom. The Morgan fingerprint density at radius 1 is 0.688 bits per heavy atom. The molecule has 12 atom stereocenters. The molecule has 4 fully saturated rings. The molecular formula is C35H44O13. The van der Waals surface area contributed by atoms with Gasteiger partial charge < -0.3 is 33.9 Å². The zero-order valence-corrected chi connectivity index (χ0v) is 28.4. The summed E-state index contributed by atoms with van der Waals surface area (Å²) < 4.78 is 29.7. The average molecular weight is 673 g/mol. The second kappa shape index (κ2) is 11.9. The van der Waals surface area contributed by atoms with Crippen LogP contribution in [-0.4, -0.2) is 87.6 Å². The van der Waals surface area contributed by atoms with E-state index < -0.39 is 118 Å². The lowest BCUT2D eigenvalue weighted by Crippen LogP contribution is -2.70. The molecule has 4 aliphatic rings. The standard InChI is InChI=1S/C35H44O13/c1-16-14-34(42)24(25(16)48-29(41)21-12-10-9-11-13-21)28(45-18(3)37)35(43)15-22-23(27(44-17(2)36)32(6,7)26(22)40)33(8,30(34)46-19(4)38)31(35)47-20(5)39/h9-13,16,22-25,27-28,30-31,42-43H,14-15H2,1-8H3/t16-,22+,23+,24+,25-,27-,28+,30+,31-,33-,34+,35-/m0/s1. The van der Waals surface area contributed by atoms with Crippen LogP contribution in [0.2, 0.25) is 0 Å². The number of esters is 5. The Hall–Kier alpha value is -3.84. The SMILES string of the molecule is CC(=O)O[C@@H]1[C@H]2[C@@H](OC(=O)c3ccccc3)[C@@H](C)C[C@]2(O)[C@H](OC(C)=O)[C@]2(C)[C@@H]3[C@@H](C[C@@]1(O)[C@H]2OC(C)=O)C(=O)C(C)(C)[C@H]3OC(C)=O. The predicted molar refractivity (Wildman–Crippen MR) is 164 cm³/mol.